The summed E-state index contributed by atoms with van der Waals surface area (Å²) < 4.78 is 5.92. The molecule has 0 saturated carbocycles. The van der Waals surface area contributed by atoms with Crippen LogP contribution in [0.25, 0.3) is 0 Å². The van der Waals surface area contributed by atoms with Gasteiger partial charge < -0.3 is 25.6 Å². The number of para-hydroxylation sites is 1. The molecule has 0 aliphatic carbocycles. The van der Waals surface area contributed by atoms with E-state index in [4.69, 9.17) is 4.74 Å². The molecule has 0 atom stereocenters. The van der Waals surface area contributed by atoms with Gasteiger partial charge in [-0.2, -0.15) is 0 Å². The van der Waals surface area contributed by atoms with Crippen molar-refractivity contribution >= 4 is 11.9 Å². The summed E-state index contributed by atoms with van der Waals surface area (Å²) in [7, 11) is 7.45. The number of nitrogens with one attached hydrogen (secondary N) is 3. The van der Waals surface area contributed by atoms with Gasteiger partial charge in [-0.1, -0.05) is 30.3 Å². The molecule has 0 unspecified atom stereocenters. The highest BCUT2D eigenvalue weighted by atomic mass is 16.5. The number of hydrogen-bond acceptors (Lipinski definition) is 4. The van der Waals surface area contributed by atoms with Crippen molar-refractivity contribution < 1.29 is 9.53 Å². The normalized spacial score (nSPS) is 11.3. The van der Waals surface area contributed by atoms with Crippen LogP contribution in [0.5, 0.6) is 5.75 Å². The molecular weight excluding hydrogens is 378 g/mol. The Morgan fingerprint density at radius 2 is 1.90 bits per heavy atom. The molecule has 0 spiro atoms. The van der Waals surface area contributed by atoms with Gasteiger partial charge in [-0.3, -0.25) is 9.79 Å². The fourth-order valence-electron chi connectivity index (χ4n) is 2.87. The Bertz CT molecular complexity index is 836. The summed E-state index contributed by atoms with van der Waals surface area (Å²) in [6, 6.07) is 15.7. The lowest BCUT2D eigenvalue weighted by atomic mass is 10.1. The number of carbonyl (C=O) groups excluding carboxylic acids is 1. The third-order valence-corrected chi connectivity index (χ3v) is 4.56. The number of ether oxygens (including phenoxy) is 1. The van der Waals surface area contributed by atoms with Crippen molar-refractivity contribution in [3.63, 3.8) is 0 Å². The average Bonchev–Trinajstić information content (AvgIpc) is 2.76. The second kappa shape index (κ2) is 12.5. The molecular formula is C23H33N5O2. The summed E-state index contributed by atoms with van der Waals surface area (Å²) in [5.74, 6) is 1.53. The first-order valence-electron chi connectivity index (χ1n) is 10.1. The predicted molar refractivity (Wildman–Crippen MR) is 122 cm³/mol. The molecule has 0 aliphatic heterocycles. The number of likely N-dealkylation sites (N-methyl/N-ethyl adjacent to an activating group) is 1. The fourth-order valence-corrected chi connectivity index (χ4v) is 2.87. The first kappa shape index (κ1) is 23.2. The zero-order chi connectivity index (χ0) is 21.8. The zero-order valence-corrected chi connectivity index (χ0v) is 18.4. The maximum absolute atomic E-state index is 11.8. The van der Waals surface area contributed by atoms with Crippen molar-refractivity contribution in [1.82, 2.24) is 20.9 Å². The highest BCUT2D eigenvalue weighted by Crippen LogP contribution is 2.17. The zero-order valence-electron chi connectivity index (χ0n) is 18.4. The average molecular weight is 412 g/mol. The summed E-state index contributed by atoms with van der Waals surface area (Å²) in [4.78, 5) is 18.2. The van der Waals surface area contributed by atoms with Crippen LogP contribution in [0.15, 0.2) is 53.5 Å². The Hall–Kier alpha value is -3.06. The Balaban J connectivity index is 1.84. The molecule has 3 N–H and O–H groups in total. The molecule has 0 bridgehead atoms. The molecule has 0 saturated heterocycles. The molecule has 2 rings (SSSR count). The fraction of sp³-hybridized carbons (Fsp3) is 0.391. The molecule has 0 aromatic heterocycles. The number of hydrogen-bond donors (Lipinski definition) is 3. The van der Waals surface area contributed by atoms with E-state index in [-0.39, 0.29) is 5.91 Å². The van der Waals surface area contributed by atoms with Crippen LogP contribution in [0.2, 0.25) is 0 Å². The molecule has 0 heterocycles. The smallest absolute Gasteiger partial charge is 0.251 e. The van der Waals surface area contributed by atoms with Crippen molar-refractivity contribution in [3.05, 3.63) is 65.2 Å². The van der Waals surface area contributed by atoms with Gasteiger partial charge in [-0.05, 0) is 44.3 Å². The van der Waals surface area contributed by atoms with Gasteiger partial charge in [0.25, 0.3) is 5.91 Å². The Labute approximate surface area is 179 Å². The van der Waals surface area contributed by atoms with Crippen LogP contribution in [-0.2, 0) is 13.0 Å². The summed E-state index contributed by atoms with van der Waals surface area (Å²) in [6.07, 6.45) is 0.787. The van der Waals surface area contributed by atoms with E-state index in [9.17, 15) is 4.79 Å². The van der Waals surface area contributed by atoms with E-state index in [2.05, 4.69) is 31.9 Å². The number of guanidine groups is 1. The lowest BCUT2D eigenvalue weighted by Gasteiger charge is -2.16. The van der Waals surface area contributed by atoms with Crippen LogP contribution in [0.1, 0.15) is 21.5 Å². The first-order chi connectivity index (χ1) is 14.5. The Morgan fingerprint density at radius 1 is 1.10 bits per heavy atom. The van der Waals surface area contributed by atoms with E-state index in [0.29, 0.717) is 25.3 Å². The van der Waals surface area contributed by atoms with Gasteiger partial charge in [-0.25, -0.2) is 0 Å². The molecule has 1 amide bonds. The molecule has 0 radical (unpaired) electrons. The van der Waals surface area contributed by atoms with E-state index in [1.807, 2.05) is 56.6 Å². The first-order valence-corrected chi connectivity index (χ1v) is 10.1. The molecule has 0 aliphatic rings. The summed E-state index contributed by atoms with van der Waals surface area (Å²) in [5, 5.41) is 9.30. The van der Waals surface area contributed by atoms with Crippen LogP contribution in [0.4, 0.5) is 0 Å². The Morgan fingerprint density at radius 3 is 2.63 bits per heavy atom. The van der Waals surface area contributed by atoms with Crippen LogP contribution < -0.4 is 20.7 Å². The van der Waals surface area contributed by atoms with Gasteiger partial charge in [0.15, 0.2) is 5.96 Å². The van der Waals surface area contributed by atoms with E-state index in [1.54, 1.807) is 14.1 Å². The number of amides is 1. The molecule has 7 heteroatoms. The van der Waals surface area contributed by atoms with E-state index >= 15 is 0 Å². The number of aliphatic imine (C=N–C) groups is 1. The van der Waals surface area contributed by atoms with Crippen molar-refractivity contribution in [1.29, 1.82) is 0 Å². The van der Waals surface area contributed by atoms with E-state index in [1.165, 1.54) is 0 Å². The van der Waals surface area contributed by atoms with Crippen molar-refractivity contribution in [2.75, 3.05) is 47.9 Å². The van der Waals surface area contributed by atoms with Crippen molar-refractivity contribution in [2.45, 2.75) is 13.0 Å². The number of rotatable bonds is 10. The molecule has 7 nitrogen and oxygen atoms in total. The number of nitrogens with zero attached hydrogens (tertiary/aromatic N) is 2. The third kappa shape index (κ3) is 7.75. The maximum atomic E-state index is 11.8. The van der Waals surface area contributed by atoms with Gasteiger partial charge >= 0.3 is 0 Å². The van der Waals surface area contributed by atoms with E-state index < -0.39 is 0 Å². The third-order valence-electron chi connectivity index (χ3n) is 4.56. The predicted octanol–water partition coefficient (Wildman–Crippen LogP) is 1.89. The van der Waals surface area contributed by atoms with Crippen LogP contribution in [0.3, 0.4) is 0 Å². The van der Waals surface area contributed by atoms with Crippen LogP contribution >= 0.6 is 0 Å². The second-order valence-electron chi connectivity index (χ2n) is 7.14. The van der Waals surface area contributed by atoms with E-state index in [0.717, 1.165) is 35.8 Å². The van der Waals surface area contributed by atoms with Gasteiger partial charge in [0.05, 0.1) is 0 Å². The topological polar surface area (TPSA) is 78.0 Å². The summed E-state index contributed by atoms with van der Waals surface area (Å²) in [5.41, 5.74) is 2.85. The van der Waals surface area contributed by atoms with Crippen molar-refractivity contribution in [2.24, 2.45) is 4.99 Å². The maximum Gasteiger partial charge on any atom is 0.251 e. The highest BCUT2D eigenvalue weighted by molar-refractivity contribution is 5.94. The van der Waals surface area contributed by atoms with Gasteiger partial charge in [0.1, 0.15) is 12.4 Å². The molecule has 30 heavy (non-hydrogen) atoms. The number of carbonyl (C=O) groups is 1. The summed E-state index contributed by atoms with van der Waals surface area (Å²) in [6.45, 7) is 2.83. The summed E-state index contributed by atoms with van der Waals surface area (Å²) >= 11 is 0. The standard InChI is InChI=1S/C23H33N5O2/c1-24-22(29)19-10-7-8-18(16-19)12-13-26-23(25-2)27-17-20-9-5-6-11-21(20)30-15-14-28(3)4/h5-11,16H,12-15,17H2,1-4H3,(H,24,29)(H2,25,26,27). The van der Waals surface area contributed by atoms with Gasteiger partial charge in [0.2, 0.25) is 0 Å². The quantitative estimate of drug-likeness (QED) is 0.411. The second-order valence-corrected chi connectivity index (χ2v) is 7.14. The monoisotopic (exact) mass is 411 g/mol. The lowest BCUT2D eigenvalue weighted by Crippen LogP contribution is -2.38. The largest absolute Gasteiger partial charge is 0.492 e. The van der Waals surface area contributed by atoms with Gasteiger partial charge in [0, 0.05) is 44.9 Å². The molecule has 162 valence electrons. The van der Waals surface area contributed by atoms with Crippen LogP contribution in [0, 0.1) is 0 Å². The minimum absolute atomic E-state index is 0.0752. The molecule has 0 fully saturated rings. The number of benzene rings is 2. The highest BCUT2D eigenvalue weighted by Gasteiger charge is 2.06. The van der Waals surface area contributed by atoms with Crippen LogP contribution in [-0.4, -0.2) is 64.7 Å². The Kier molecular flexibility index (Phi) is 9.67. The SMILES string of the molecule is CN=C(NCCc1cccc(C(=O)NC)c1)NCc1ccccc1OCCN(C)C. The lowest BCUT2D eigenvalue weighted by molar-refractivity contribution is 0.0963. The van der Waals surface area contributed by atoms with Crippen molar-refractivity contribution in [3.8, 4) is 5.75 Å². The van der Waals surface area contributed by atoms with Gasteiger partial charge in [-0.15, -0.1) is 0 Å². The minimum atomic E-state index is -0.0752. The minimum Gasteiger partial charge on any atom is -0.492 e. The molecule has 2 aromatic rings. The molecule has 2 aromatic carbocycles.